The molecule has 0 spiro atoms. The predicted molar refractivity (Wildman–Crippen MR) is 59.1 cm³/mol. The molecule has 2 rings (SSSR count). The fourth-order valence-electron chi connectivity index (χ4n) is 1.84. The van der Waals surface area contributed by atoms with Crippen molar-refractivity contribution in [2.75, 3.05) is 0 Å². The molecular weight excluding hydrogens is 192 g/mol. The van der Waals surface area contributed by atoms with Crippen molar-refractivity contribution in [3.63, 3.8) is 0 Å². The number of non-ortho nitro benzene ring substituents is 1. The van der Waals surface area contributed by atoms with Crippen LogP contribution in [0, 0.1) is 17.0 Å². The molecule has 0 aliphatic heterocycles. The monoisotopic (exact) mass is 204 g/mol. The Morgan fingerprint density at radius 1 is 1.47 bits per heavy atom. The fourth-order valence-corrected chi connectivity index (χ4v) is 1.84. The quantitative estimate of drug-likeness (QED) is 0.604. The lowest BCUT2D eigenvalue weighted by atomic mass is 10.1. The van der Waals surface area contributed by atoms with E-state index in [2.05, 4.69) is 11.9 Å². The molecule has 1 N–H and O–H groups in total. The number of rotatable bonds is 2. The lowest BCUT2D eigenvalue weighted by molar-refractivity contribution is -0.384. The van der Waals surface area contributed by atoms with Gasteiger partial charge in [0.2, 0.25) is 0 Å². The third-order valence-corrected chi connectivity index (χ3v) is 2.71. The molecule has 4 nitrogen and oxygen atoms in total. The summed E-state index contributed by atoms with van der Waals surface area (Å²) in [5.74, 6) is 0. The van der Waals surface area contributed by atoms with Gasteiger partial charge in [-0.15, -0.1) is 0 Å². The van der Waals surface area contributed by atoms with E-state index in [1.54, 1.807) is 12.1 Å². The Labute approximate surface area is 87.1 Å². The van der Waals surface area contributed by atoms with E-state index >= 15 is 0 Å². The highest BCUT2D eigenvalue weighted by Crippen LogP contribution is 2.25. The van der Waals surface area contributed by atoms with Crippen LogP contribution in [0.4, 0.5) is 5.69 Å². The molecule has 0 atom stereocenters. The van der Waals surface area contributed by atoms with Gasteiger partial charge in [-0.3, -0.25) is 10.1 Å². The van der Waals surface area contributed by atoms with Crippen molar-refractivity contribution in [1.29, 1.82) is 0 Å². The second-order valence-electron chi connectivity index (χ2n) is 3.57. The van der Waals surface area contributed by atoms with E-state index in [1.165, 1.54) is 6.07 Å². The van der Waals surface area contributed by atoms with Gasteiger partial charge in [0.25, 0.3) is 5.69 Å². The molecule has 0 fully saturated rings. The van der Waals surface area contributed by atoms with E-state index in [1.807, 2.05) is 6.92 Å². The summed E-state index contributed by atoms with van der Waals surface area (Å²) in [7, 11) is 0. The van der Waals surface area contributed by atoms with Crippen LogP contribution in [0.3, 0.4) is 0 Å². The molecule has 15 heavy (non-hydrogen) atoms. The van der Waals surface area contributed by atoms with Crippen LogP contribution >= 0.6 is 0 Å². The number of aryl methyl sites for hydroxylation is 2. The van der Waals surface area contributed by atoms with Crippen molar-refractivity contribution in [3.05, 3.63) is 39.6 Å². The minimum atomic E-state index is -0.364. The Morgan fingerprint density at radius 2 is 2.20 bits per heavy atom. The minimum absolute atomic E-state index is 0.146. The Hall–Kier alpha value is -1.84. The van der Waals surface area contributed by atoms with Gasteiger partial charge in [0.1, 0.15) is 0 Å². The second-order valence-corrected chi connectivity index (χ2v) is 3.57. The normalized spacial score (nSPS) is 10.8. The molecule has 2 aromatic rings. The first-order chi connectivity index (χ1) is 7.13. The zero-order chi connectivity index (χ0) is 11.0. The Morgan fingerprint density at radius 3 is 2.80 bits per heavy atom. The van der Waals surface area contributed by atoms with Crippen LogP contribution in [-0.2, 0) is 6.42 Å². The maximum Gasteiger partial charge on any atom is 0.270 e. The molecule has 0 saturated carbocycles. The zero-order valence-corrected chi connectivity index (χ0v) is 8.70. The molecule has 0 aliphatic carbocycles. The standard InChI is InChI=1S/C11H12N2O2/c1-3-10-7(2)9-6-8(13(14)15)4-5-11(9)12-10/h4-6,12H,3H2,1-2H3. The maximum atomic E-state index is 10.6. The van der Waals surface area contributed by atoms with E-state index < -0.39 is 0 Å². The smallest absolute Gasteiger partial charge is 0.270 e. The zero-order valence-electron chi connectivity index (χ0n) is 8.70. The first-order valence-electron chi connectivity index (χ1n) is 4.89. The van der Waals surface area contributed by atoms with Crippen molar-refractivity contribution >= 4 is 16.6 Å². The van der Waals surface area contributed by atoms with Crippen molar-refractivity contribution in [2.45, 2.75) is 20.3 Å². The average molecular weight is 204 g/mol. The van der Waals surface area contributed by atoms with Crippen molar-refractivity contribution in [1.82, 2.24) is 4.98 Å². The number of hydrogen-bond acceptors (Lipinski definition) is 2. The van der Waals surface area contributed by atoms with Crippen LogP contribution in [0.2, 0.25) is 0 Å². The number of aromatic amines is 1. The summed E-state index contributed by atoms with van der Waals surface area (Å²) in [5, 5.41) is 11.6. The molecule has 1 aromatic heterocycles. The lowest BCUT2D eigenvalue weighted by Gasteiger charge is -1.93. The molecule has 4 heteroatoms. The summed E-state index contributed by atoms with van der Waals surface area (Å²) in [6.45, 7) is 4.05. The highest BCUT2D eigenvalue weighted by molar-refractivity contribution is 5.86. The van der Waals surface area contributed by atoms with Crippen LogP contribution in [-0.4, -0.2) is 9.91 Å². The van der Waals surface area contributed by atoms with E-state index in [9.17, 15) is 10.1 Å². The van der Waals surface area contributed by atoms with Crippen LogP contribution in [0.1, 0.15) is 18.2 Å². The van der Waals surface area contributed by atoms with Crippen LogP contribution in [0.5, 0.6) is 0 Å². The fraction of sp³-hybridized carbons (Fsp3) is 0.273. The van der Waals surface area contributed by atoms with E-state index in [0.29, 0.717) is 0 Å². The third-order valence-electron chi connectivity index (χ3n) is 2.71. The number of nitrogens with one attached hydrogen (secondary N) is 1. The SMILES string of the molecule is CCc1[nH]c2ccc([N+](=O)[O-])cc2c1C. The van der Waals surface area contributed by atoms with Crippen LogP contribution in [0.15, 0.2) is 18.2 Å². The molecule has 1 heterocycles. The summed E-state index contributed by atoms with van der Waals surface area (Å²) in [6, 6.07) is 4.91. The Bertz CT molecular complexity index is 529. The molecule has 0 amide bonds. The molecule has 0 bridgehead atoms. The minimum Gasteiger partial charge on any atom is -0.358 e. The molecular formula is C11H12N2O2. The van der Waals surface area contributed by atoms with Gasteiger partial charge in [0.15, 0.2) is 0 Å². The summed E-state index contributed by atoms with van der Waals surface area (Å²) >= 11 is 0. The third kappa shape index (κ3) is 1.48. The Kier molecular flexibility index (Phi) is 2.19. The van der Waals surface area contributed by atoms with Gasteiger partial charge < -0.3 is 4.98 Å². The molecule has 0 radical (unpaired) electrons. The molecule has 0 saturated heterocycles. The van der Waals surface area contributed by atoms with Crippen molar-refractivity contribution < 1.29 is 4.92 Å². The van der Waals surface area contributed by atoms with E-state index in [-0.39, 0.29) is 10.6 Å². The number of fused-ring (bicyclic) bond motifs is 1. The second kappa shape index (κ2) is 3.38. The highest BCUT2D eigenvalue weighted by Gasteiger charge is 2.11. The summed E-state index contributed by atoms with van der Waals surface area (Å²) in [6.07, 6.45) is 0.911. The van der Waals surface area contributed by atoms with E-state index in [0.717, 1.165) is 28.6 Å². The summed E-state index contributed by atoms with van der Waals surface area (Å²) < 4.78 is 0. The van der Waals surface area contributed by atoms with Gasteiger partial charge in [-0.2, -0.15) is 0 Å². The topological polar surface area (TPSA) is 58.9 Å². The van der Waals surface area contributed by atoms with E-state index in [4.69, 9.17) is 0 Å². The van der Waals surface area contributed by atoms with Gasteiger partial charge in [-0.25, -0.2) is 0 Å². The van der Waals surface area contributed by atoms with Gasteiger partial charge in [-0.1, -0.05) is 6.92 Å². The lowest BCUT2D eigenvalue weighted by Crippen LogP contribution is -1.86. The molecule has 78 valence electrons. The van der Waals surface area contributed by atoms with Gasteiger partial charge in [-0.05, 0) is 25.0 Å². The maximum absolute atomic E-state index is 10.6. The number of benzene rings is 1. The number of nitro benzene ring substituents is 1. The number of hydrogen-bond donors (Lipinski definition) is 1. The summed E-state index contributed by atoms with van der Waals surface area (Å²) in [5.41, 5.74) is 3.36. The largest absolute Gasteiger partial charge is 0.358 e. The van der Waals surface area contributed by atoms with Crippen LogP contribution < -0.4 is 0 Å². The number of nitrogens with zero attached hydrogens (tertiary/aromatic N) is 1. The molecule has 0 aliphatic rings. The molecule has 0 unspecified atom stereocenters. The van der Waals surface area contributed by atoms with Crippen molar-refractivity contribution in [2.24, 2.45) is 0 Å². The first-order valence-corrected chi connectivity index (χ1v) is 4.89. The number of nitro groups is 1. The predicted octanol–water partition coefficient (Wildman–Crippen LogP) is 2.95. The molecule has 1 aromatic carbocycles. The van der Waals surface area contributed by atoms with Crippen LogP contribution in [0.25, 0.3) is 10.9 Å². The average Bonchev–Trinajstić information content (AvgIpc) is 2.55. The van der Waals surface area contributed by atoms with Gasteiger partial charge in [0.05, 0.1) is 4.92 Å². The number of H-pyrrole nitrogens is 1. The highest BCUT2D eigenvalue weighted by atomic mass is 16.6. The van der Waals surface area contributed by atoms with Gasteiger partial charge in [0, 0.05) is 28.7 Å². The van der Waals surface area contributed by atoms with Gasteiger partial charge >= 0.3 is 0 Å². The summed E-state index contributed by atoms with van der Waals surface area (Å²) in [4.78, 5) is 13.5. The number of aromatic nitrogens is 1. The first kappa shape index (κ1) is 9.71. The van der Waals surface area contributed by atoms with Crippen molar-refractivity contribution in [3.8, 4) is 0 Å². The Balaban J connectivity index is 2.70.